The van der Waals surface area contributed by atoms with Crippen LogP contribution in [0.15, 0.2) is 60.4 Å². The second-order valence-electron chi connectivity index (χ2n) is 7.67. The number of urea groups is 1. The number of carbonyl (C=O) groups excluding carboxylic acids is 3. The van der Waals surface area contributed by atoms with Crippen LogP contribution in [-0.4, -0.2) is 37.4 Å². The van der Waals surface area contributed by atoms with Crippen LogP contribution in [0.25, 0.3) is 17.0 Å². The van der Waals surface area contributed by atoms with E-state index in [0.29, 0.717) is 34.4 Å². The van der Waals surface area contributed by atoms with Gasteiger partial charge in [0, 0.05) is 32.7 Å². The van der Waals surface area contributed by atoms with Gasteiger partial charge in [-0.3, -0.25) is 20.2 Å². The van der Waals surface area contributed by atoms with Crippen molar-refractivity contribution in [2.24, 2.45) is 0 Å². The Kier molecular flexibility index (Phi) is 5.64. The van der Waals surface area contributed by atoms with Crippen molar-refractivity contribution in [2.75, 3.05) is 0 Å². The van der Waals surface area contributed by atoms with Gasteiger partial charge in [0.05, 0.1) is 19.3 Å². The number of para-hydroxylation sites is 1. The van der Waals surface area contributed by atoms with Gasteiger partial charge in [0.25, 0.3) is 11.8 Å². The molecule has 0 saturated carbocycles. The molecule has 0 unspecified atom stereocenters. The lowest BCUT2D eigenvalue weighted by Gasteiger charge is -2.13. The Bertz CT molecular complexity index is 1480. The Morgan fingerprint density at radius 3 is 2.47 bits per heavy atom. The van der Waals surface area contributed by atoms with E-state index in [1.807, 2.05) is 47.3 Å². The lowest BCUT2D eigenvalue weighted by molar-refractivity contribution is -0.123. The van der Waals surface area contributed by atoms with Gasteiger partial charge >= 0.3 is 6.03 Å². The summed E-state index contributed by atoms with van der Waals surface area (Å²) in [4.78, 5) is 35.6. The number of hydrogen-bond donors (Lipinski definition) is 2. The summed E-state index contributed by atoms with van der Waals surface area (Å²) in [6, 6.07) is 12.0. The summed E-state index contributed by atoms with van der Waals surface area (Å²) in [7, 11) is 0. The Balaban J connectivity index is 1.43. The van der Waals surface area contributed by atoms with Crippen LogP contribution < -0.4 is 10.6 Å². The van der Waals surface area contributed by atoms with E-state index in [-0.39, 0.29) is 5.57 Å². The van der Waals surface area contributed by atoms with Crippen molar-refractivity contribution in [3.8, 4) is 0 Å². The smallest absolute Gasteiger partial charge is 0.328 e. The summed E-state index contributed by atoms with van der Waals surface area (Å²) in [5.74, 6) is -1.48. The van der Waals surface area contributed by atoms with Crippen molar-refractivity contribution >= 4 is 58.0 Å². The SMILES string of the molecule is O=C1NC(=O)C(=Cc2cn(Cc3cn(Cc4ccc(Cl)cc4Cl)nn3)c3ccccc23)C(=O)N1. The number of amides is 4. The molecule has 5 rings (SSSR count). The number of imide groups is 2. The molecule has 1 saturated heterocycles. The van der Waals surface area contributed by atoms with E-state index >= 15 is 0 Å². The lowest BCUT2D eigenvalue weighted by Crippen LogP contribution is -2.51. The maximum absolute atomic E-state index is 12.1. The highest BCUT2D eigenvalue weighted by atomic mass is 35.5. The van der Waals surface area contributed by atoms with E-state index in [0.717, 1.165) is 16.5 Å². The third kappa shape index (κ3) is 4.30. The summed E-state index contributed by atoms with van der Waals surface area (Å²) in [5.41, 5.74) is 2.98. The van der Waals surface area contributed by atoms with E-state index in [9.17, 15) is 14.4 Å². The van der Waals surface area contributed by atoms with Crippen LogP contribution in [0.1, 0.15) is 16.8 Å². The number of nitrogens with one attached hydrogen (secondary N) is 2. The third-order valence-electron chi connectivity index (χ3n) is 5.33. The van der Waals surface area contributed by atoms with Gasteiger partial charge in [0.2, 0.25) is 0 Å². The summed E-state index contributed by atoms with van der Waals surface area (Å²) in [6.45, 7) is 0.852. The minimum Gasteiger partial charge on any atom is -0.341 e. The number of barbiturate groups is 1. The van der Waals surface area contributed by atoms with Gasteiger partial charge in [-0.2, -0.15) is 0 Å². The zero-order valence-electron chi connectivity index (χ0n) is 17.5. The van der Waals surface area contributed by atoms with Crippen LogP contribution in [0.3, 0.4) is 0 Å². The predicted molar refractivity (Wildman–Crippen MR) is 126 cm³/mol. The molecule has 0 bridgehead atoms. The molecule has 0 spiro atoms. The first-order valence-corrected chi connectivity index (χ1v) is 10.9. The molecule has 170 valence electrons. The summed E-state index contributed by atoms with van der Waals surface area (Å²) in [6.07, 6.45) is 5.12. The number of aromatic nitrogens is 4. The molecule has 0 atom stereocenters. The zero-order valence-corrected chi connectivity index (χ0v) is 19.0. The Hall–Kier alpha value is -3.95. The molecule has 0 aliphatic carbocycles. The van der Waals surface area contributed by atoms with E-state index in [2.05, 4.69) is 20.9 Å². The number of carbonyl (C=O) groups is 3. The first-order valence-electron chi connectivity index (χ1n) is 10.2. The molecule has 0 radical (unpaired) electrons. The van der Waals surface area contributed by atoms with E-state index in [1.165, 1.54) is 6.08 Å². The van der Waals surface area contributed by atoms with E-state index in [4.69, 9.17) is 23.2 Å². The molecule has 4 amide bonds. The summed E-state index contributed by atoms with van der Waals surface area (Å²) >= 11 is 12.2. The van der Waals surface area contributed by atoms with Crippen molar-refractivity contribution in [3.63, 3.8) is 0 Å². The van der Waals surface area contributed by atoms with Crippen molar-refractivity contribution in [2.45, 2.75) is 13.1 Å². The lowest BCUT2D eigenvalue weighted by atomic mass is 10.1. The van der Waals surface area contributed by atoms with Crippen molar-refractivity contribution in [1.29, 1.82) is 0 Å². The number of rotatable bonds is 5. The fraction of sp³-hybridized carbons (Fsp3) is 0.0870. The van der Waals surface area contributed by atoms with Crippen molar-refractivity contribution in [3.05, 3.63) is 87.3 Å². The average molecular weight is 495 g/mol. The number of nitrogens with zero attached hydrogens (tertiary/aromatic N) is 4. The van der Waals surface area contributed by atoms with Crippen LogP contribution >= 0.6 is 23.2 Å². The predicted octanol–water partition coefficient (Wildman–Crippen LogP) is 3.39. The normalized spacial score (nSPS) is 13.8. The van der Waals surface area contributed by atoms with Crippen molar-refractivity contribution < 1.29 is 14.4 Å². The van der Waals surface area contributed by atoms with Crippen LogP contribution in [0.4, 0.5) is 4.79 Å². The molecule has 1 fully saturated rings. The Labute approximate surface area is 202 Å². The first kappa shape index (κ1) is 21.9. The van der Waals surface area contributed by atoms with Crippen LogP contribution in [0, 0.1) is 0 Å². The van der Waals surface area contributed by atoms with E-state index < -0.39 is 17.8 Å². The third-order valence-corrected chi connectivity index (χ3v) is 5.92. The largest absolute Gasteiger partial charge is 0.341 e. The van der Waals surface area contributed by atoms with Gasteiger partial charge in [-0.05, 0) is 29.8 Å². The van der Waals surface area contributed by atoms with E-state index in [1.54, 1.807) is 16.8 Å². The second kappa shape index (κ2) is 8.77. The van der Waals surface area contributed by atoms with Crippen molar-refractivity contribution in [1.82, 2.24) is 30.2 Å². The monoisotopic (exact) mass is 494 g/mol. The minimum absolute atomic E-state index is 0.145. The highest BCUT2D eigenvalue weighted by molar-refractivity contribution is 6.35. The standard InChI is InChI=1S/C23H16Cl2N6O3/c24-15-6-5-13(19(25)8-15)10-31-12-16(28-29-31)11-30-9-14(17-3-1-2-4-20(17)30)7-18-21(32)26-23(34)27-22(18)33/h1-9,12H,10-11H2,(H2,26,27,32,33,34). The fourth-order valence-electron chi connectivity index (χ4n) is 3.77. The first-order chi connectivity index (χ1) is 16.4. The molecular formula is C23H16Cl2N6O3. The van der Waals surface area contributed by atoms with Gasteiger partial charge in [-0.15, -0.1) is 5.10 Å². The molecule has 2 N–H and O–H groups in total. The molecule has 1 aliphatic rings. The van der Waals surface area contributed by atoms with Crippen LogP contribution in [0.5, 0.6) is 0 Å². The minimum atomic E-state index is -0.836. The quantitative estimate of drug-likeness (QED) is 0.326. The van der Waals surface area contributed by atoms with Gasteiger partial charge in [-0.25, -0.2) is 9.48 Å². The Morgan fingerprint density at radius 2 is 1.71 bits per heavy atom. The molecule has 9 nitrogen and oxygen atoms in total. The van der Waals surface area contributed by atoms with Gasteiger partial charge in [0.15, 0.2) is 0 Å². The molecule has 4 aromatic rings. The summed E-state index contributed by atoms with van der Waals surface area (Å²) < 4.78 is 3.64. The van der Waals surface area contributed by atoms with Gasteiger partial charge in [-0.1, -0.05) is 52.7 Å². The number of hydrogen-bond acceptors (Lipinski definition) is 5. The van der Waals surface area contributed by atoms with Gasteiger partial charge in [0.1, 0.15) is 11.3 Å². The molecule has 11 heteroatoms. The molecular weight excluding hydrogens is 479 g/mol. The fourth-order valence-corrected chi connectivity index (χ4v) is 4.24. The van der Waals surface area contributed by atoms with Crippen LogP contribution in [-0.2, 0) is 22.7 Å². The maximum Gasteiger partial charge on any atom is 0.328 e. The molecule has 34 heavy (non-hydrogen) atoms. The Morgan fingerprint density at radius 1 is 0.941 bits per heavy atom. The maximum atomic E-state index is 12.1. The number of fused-ring (bicyclic) bond motifs is 1. The van der Waals surface area contributed by atoms with Gasteiger partial charge < -0.3 is 4.57 Å². The summed E-state index contributed by atoms with van der Waals surface area (Å²) in [5, 5.41) is 14.6. The highest BCUT2D eigenvalue weighted by Gasteiger charge is 2.28. The number of benzene rings is 2. The van der Waals surface area contributed by atoms with Crippen LogP contribution in [0.2, 0.25) is 10.0 Å². The average Bonchev–Trinajstić information content (AvgIpc) is 3.37. The second-order valence-corrected chi connectivity index (χ2v) is 8.51. The highest BCUT2D eigenvalue weighted by Crippen LogP contribution is 2.25. The number of halogens is 2. The topological polar surface area (TPSA) is 111 Å². The zero-order chi connectivity index (χ0) is 23.8. The molecule has 2 aromatic carbocycles. The molecule has 1 aliphatic heterocycles. The molecule has 2 aromatic heterocycles. The molecule has 3 heterocycles.